The number of benzene rings is 2. The smallest absolute Gasteiger partial charge is 0.255 e. The number of carbonyl (C=O) groups excluding carboxylic acids is 1. The summed E-state index contributed by atoms with van der Waals surface area (Å²) in [5.41, 5.74) is 1.08. The zero-order valence-corrected chi connectivity index (χ0v) is 14.9. The van der Waals surface area contributed by atoms with Gasteiger partial charge in [-0.2, -0.15) is 0 Å². The van der Waals surface area contributed by atoms with Crippen LogP contribution in [0.1, 0.15) is 24.2 Å². The molecule has 0 spiro atoms. The standard InChI is InChI=1S/C19H23NO5/c1-5-24-16-10-8-14(12-18(16)25-6-2)20-19(21)13-7-9-15(22-3)17(11-13)23-4/h7-12H,5-6H2,1-4H3,(H,20,21). The predicted molar refractivity (Wildman–Crippen MR) is 96.3 cm³/mol. The molecular formula is C19H23NO5. The summed E-state index contributed by atoms with van der Waals surface area (Å²) in [5, 5.41) is 2.84. The second kappa shape index (κ2) is 8.82. The summed E-state index contributed by atoms with van der Waals surface area (Å²) < 4.78 is 21.5. The van der Waals surface area contributed by atoms with E-state index in [9.17, 15) is 4.79 Å². The molecule has 25 heavy (non-hydrogen) atoms. The summed E-state index contributed by atoms with van der Waals surface area (Å²) in [6.45, 7) is 4.84. The van der Waals surface area contributed by atoms with Crippen molar-refractivity contribution in [3.05, 3.63) is 42.0 Å². The summed E-state index contributed by atoms with van der Waals surface area (Å²) in [7, 11) is 3.08. The second-order valence-electron chi connectivity index (χ2n) is 5.05. The van der Waals surface area contributed by atoms with Crippen LogP contribution in [0.2, 0.25) is 0 Å². The fourth-order valence-corrected chi connectivity index (χ4v) is 2.31. The predicted octanol–water partition coefficient (Wildman–Crippen LogP) is 3.75. The number of hydrogen-bond acceptors (Lipinski definition) is 5. The Morgan fingerprint density at radius 3 is 2.12 bits per heavy atom. The molecule has 0 aliphatic rings. The van der Waals surface area contributed by atoms with Crippen LogP contribution in [0, 0.1) is 0 Å². The van der Waals surface area contributed by atoms with Crippen molar-refractivity contribution in [2.24, 2.45) is 0 Å². The van der Waals surface area contributed by atoms with Gasteiger partial charge in [0.1, 0.15) is 0 Å². The van der Waals surface area contributed by atoms with Crippen molar-refractivity contribution in [3.63, 3.8) is 0 Å². The van der Waals surface area contributed by atoms with E-state index in [2.05, 4.69) is 5.32 Å². The maximum absolute atomic E-state index is 12.5. The first-order valence-electron chi connectivity index (χ1n) is 8.05. The third kappa shape index (κ3) is 4.56. The van der Waals surface area contributed by atoms with Crippen molar-refractivity contribution in [1.29, 1.82) is 0 Å². The minimum Gasteiger partial charge on any atom is -0.493 e. The van der Waals surface area contributed by atoms with E-state index >= 15 is 0 Å². The topological polar surface area (TPSA) is 66.0 Å². The van der Waals surface area contributed by atoms with Gasteiger partial charge in [0, 0.05) is 17.3 Å². The van der Waals surface area contributed by atoms with Gasteiger partial charge in [-0.3, -0.25) is 4.79 Å². The van der Waals surface area contributed by atoms with Crippen LogP contribution >= 0.6 is 0 Å². The van der Waals surface area contributed by atoms with E-state index in [4.69, 9.17) is 18.9 Å². The van der Waals surface area contributed by atoms with E-state index in [-0.39, 0.29) is 5.91 Å². The normalized spacial score (nSPS) is 10.1. The molecule has 6 heteroatoms. The number of hydrogen-bond donors (Lipinski definition) is 1. The molecule has 0 radical (unpaired) electrons. The summed E-state index contributed by atoms with van der Waals surface area (Å²) >= 11 is 0. The van der Waals surface area contributed by atoms with Crippen LogP contribution < -0.4 is 24.3 Å². The lowest BCUT2D eigenvalue weighted by molar-refractivity contribution is 0.102. The molecule has 0 bridgehead atoms. The van der Waals surface area contributed by atoms with E-state index in [1.165, 1.54) is 7.11 Å². The number of rotatable bonds is 8. The highest BCUT2D eigenvalue weighted by Gasteiger charge is 2.13. The fraction of sp³-hybridized carbons (Fsp3) is 0.316. The molecule has 2 aromatic carbocycles. The molecule has 6 nitrogen and oxygen atoms in total. The van der Waals surface area contributed by atoms with Crippen LogP contribution in [0.15, 0.2) is 36.4 Å². The van der Waals surface area contributed by atoms with Crippen molar-refractivity contribution in [3.8, 4) is 23.0 Å². The number of ether oxygens (including phenoxy) is 4. The van der Waals surface area contributed by atoms with Crippen LogP contribution in [0.5, 0.6) is 23.0 Å². The van der Waals surface area contributed by atoms with E-state index in [0.29, 0.717) is 47.5 Å². The third-order valence-corrected chi connectivity index (χ3v) is 3.45. The van der Waals surface area contributed by atoms with Crippen molar-refractivity contribution < 1.29 is 23.7 Å². The lowest BCUT2D eigenvalue weighted by Crippen LogP contribution is -2.12. The van der Waals surface area contributed by atoms with Crippen molar-refractivity contribution in [1.82, 2.24) is 0 Å². The minimum absolute atomic E-state index is 0.257. The van der Waals surface area contributed by atoms with Gasteiger partial charge >= 0.3 is 0 Å². The summed E-state index contributed by atoms with van der Waals surface area (Å²) in [6.07, 6.45) is 0. The minimum atomic E-state index is -0.257. The molecule has 0 atom stereocenters. The monoisotopic (exact) mass is 345 g/mol. The van der Waals surface area contributed by atoms with Crippen LogP contribution in [0.25, 0.3) is 0 Å². The summed E-state index contributed by atoms with van der Waals surface area (Å²) in [5.74, 6) is 2.05. The zero-order chi connectivity index (χ0) is 18.2. The fourth-order valence-electron chi connectivity index (χ4n) is 2.31. The molecular weight excluding hydrogens is 322 g/mol. The molecule has 0 unspecified atom stereocenters. The van der Waals surface area contributed by atoms with Crippen molar-refractivity contribution >= 4 is 11.6 Å². The van der Waals surface area contributed by atoms with E-state index in [1.807, 2.05) is 13.8 Å². The third-order valence-electron chi connectivity index (χ3n) is 3.45. The number of methoxy groups -OCH3 is 2. The lowest BCUT2D eigenvalue weighted by atomic mass is 10.1. The molecule has 0 saturated heterocycles. The van der Waals surface area contributed by atoms with Crippen LogP contribution in [0.3, 0.4) is 0 Å². The summed E-state index contributed by atoms with van der Waals surface area (Å²) in [6, 6.07) is 10.3. The first-order valence-corrected chi connectivity index (χ1v) is 8.05. The van der Waals surface area contributed by atoms with Gasteiger partial charge in [0.15, 0.2) is 23.0 Å². The first-order chi connectivity index (χ1) is 12.1. The molecule has 2 rings (SSSR count). The number of anilines is 1. The van der Waals surface area contributed by atoms with E-state index in [1.54, 1.807) is 43.5 Å². The number of amides is 1. The van der Waals surface area contributed by atoms with Gasteiger partial charge < -0.3 is 24.3 Å². The largest absolute Gasteiger partial charge is 0.493 e. The maximum Gasteiger partial charge on any atom is 0.255 e. The van der Waals surface area contributed by atoms with Gasteiger partial charge in [0.25, 0.3) is 5.91 Å². The van der Waals surface area contributed by atoms with Gasteiger partial charge in [-0.1, -0.05) is 0 Å². The average molecular weight is 345 g/mol. The van der Waals surface area contributed by atoms with Gasteiger partial charge in [-0.15, -0.1) is 0 Å². The van der Waals surface area contributed by atoms with Crippen LogP contribution in [-0.2, 0) is 0 Å². The Morgan fingerprint density at radius 2 is 1.48 bits per heavy atom. The molecule has 0 aromatic heterocycles. The molecule has 0 saturated carbocycles. The Kier molecular flexibility index (Phi) is 6.51. The average Bonchev–Trinajstić information content (AvgIpc) is 2.63. The molecule has 2 aromatic rings. The Bertz CT molecular complexity index is 730. The number of carbonyl (C=O) groups is 1. The van der Waals surface area contributed by atoms with E-state index < -0.39 is 0 Å². The Hall–Kier alpha value is -2.89. The maximum atomic E-state index is 12.5. The van der Waals surface area contributed by atoms with E-state index in [0.717, 1.165) is 0 Å². The SMILES string of the molecule is CCOc1ccc(NC(=O)c2ccc(OC)c(OC)c2)cc1OCC. The molecule has 134 valence electrons. The van der Waals surface area contributed by atoms with Gasteiger partial charge in [-0.05, 0) is 44.2 Å². The molecule has 0 aliphatic heterocycles. The van der Waals surface area contributed by atoms with Gasteiger partial charge in [-0.25, -0.2) is 0 Å². The lowest BCUT2D eigenvalue weighted by Gasteiger charge is -2.13. The van der Waals surface area contributed by atoms with Gasteiger partial charge in [0.05, 0.1) is 27.4 Å². The van der Waals surface area contributed by atoms with Crippen LogP contribution in [-0.4, -0.2) is 33.3 Å². The summed E-state index contributed by atoms with van der Waals surface area (Å²) in [4.78, 5) is 12.5. The Labute approximate surface area is 147 Å². The highest BCUT2D eigenvalue weighted by atomic mass is 16.5. The van der Waals surface area contributed by atoms with Crippen molar-refractivity contribution in [2.75, 3.05) is 32.8 Å². The first kappa shape index (κ1) is 18.4. The van der Waals surface area contributed by atoms with Crippen LogP contribution in [0.4, 0.5) is 5.69 Å². The molecule has 1 N–H and O–H groups in total. The van der Waals surface area contributed by atoms with Crippen molar-refractivity contribution in [2.45, 2.75) is 13.8 Å². The molecule has 0 heterocycles. The molecule has 1 amide bonds. The zero-order valence-electron chi connectivity index (χ0n) is 14.9. The molecule has 0 aliphatic carbocycles. The highest BCUT2D eigenvalue weighted by Crippen LogP contribution is 2.31. The number of nitrogens with one attached hydrogen (secondary N) is 1. The Balaban J connectivity index is 2.21. The second-order valence-corrected chi connectivity index (χ2v) is 5.05. The highest BCUT2D eigenvalue weighted by molar-refractivity contribution is 6.04. The molecule has 0 fully saturated rings. The Morgan fingerprint density at radius 1 is 0.840 bits per heavy atom. The van der Waals surface area contributed by atoms with Gasteiger partial charge in [0.2, 0.25) is 0 Å². The quantitative estimate of drug-likeness (QED) is 0.789.